The van der Waals surface area contributed by atoms with Gasteiger partial charge in [0, 0.05) is 17.7 Å². The number of rotatable bonds is 4. The standard InChI is InChI=1S/C15H12ClNO2/c16-13-4-3-12(10-17)15(9-13)19-14-5-1-11(2-6-14)7-8-18/h1-6,9,18H,7-8H2. The van der Waals surface area contributed by atoms with Crippen molar-refractivity contribution in [3.8, 4) is 17.6 Å². The highest BCUT2D eigenvalue weighted by Gasteiger charge is 2.05. The average molecular weight is 274 g/mol. The van der Waals surface area contributed by atoms with E-state index in [1.54, 1.807) is 30.3 Å². The van der Waals surface area contributed by atoms with Crippen LogP contribution in [0.15, 0.2) is 42.5 Å². The highest BCUT2D eigenvalue weighted by Crippen LogP contribution is 2.28. The first-order valence-electron chi connectivity index (χ1n) is 5.80. The van der Waals surface area contributed by atoms with E-state index in [0.29, 0.717) is 28.5 Å². The van der Waals surface area contributed by atoms with Crippen LogP contribution in [0.2, 0.25) is 5.02 Å². The van der Waals surface area contributed by atoms with Gasteiger partial charge in [0.1, 0.15) is 17.6 Å². The molecule has 3 nitrogen and oxygen atoms in total. The van der Waals surface area contributed by atoms with E-state index < -0.39 is 0 Å². The van der Waals surface area contributed by atoms with E-state index in [1.807, 2.05) is 12.1 Å². The van der Waals surface area contributed by atoms with Crippen LogP contribution in [0.4, 0.5) is 0 Å². The second kappa shape index (κ2) is 6.24. The summed E-state index contributed by atoms with van der Waals surface area (Å²) in [5.41, 5.74) is 1.46. The van der Waals surface area contributed by atoms with Gasteiger partial charge < -0.3 is 9.84 Å². The molecule has 0 saturated heterocycles. The summed E-state index contributed by atoms with van der Waals surface area (Å²) in [7, 11) is 0. The maximum atomic E-state index is 9.00. The Balaban J connectivity index is 2.21. The lowest BCUT2D eigenvalue weighted by Gasteiger charge is -2.08. The zero-order valence-electron chi connectivity index (χ0n) is 10.1. The molecule has 2 aromatic carbocycles. The number of nitrogens with zero attached hydrogens (tertiary/aromatic N) is 1. The maximum absolute atomic E-state index is 9.00. The Morgan fingerprint density at radius 1 is 1.16 bits per heavy atom. The van der Waals surface area contributed by atoms with Crippen LogP contribution in [0.5, 0.6) is 11.5 Å². The molecular formula is C15H12ClNO2. The number of ether oxygens (including phenoxy) is 1. The first kappa shape index (κ1) is 13.4. The predicted molar refractivity (Wildman–Crippen MR) is 73.5 cm³/mol. The van der Waals surface area contributed by atoms with Crippen LogP contribution in [0.3, 0.4) is 0 Å². The smallest absolute Gasteiger partial charge is 0.146 e. The van der Waals surface area contributed by atoms with Crippen LogP contribution in [-0.4, -0.2) is 11.7 Å². The molecule has 0 saturated carbocycles. The van der Waals surface area contributed by atoms with Crippen molar-refractivity contribution in [1.82, 2.24) is 0 Å². The lowest BCUT2D eigenvalue weighted by atomic mass is 10.1. The van der Waals surface area contributed by atoms with Gasteiger partial charge in [0.2, 0.25) is 0 Å². The fourth-order valence-corrected chi connectivity index (χ4v) is 1.82. The van der Waals surface area contributed by atoms with Crippen LogP contribution in [0.25, 0.3) is 0 Å². The zero-order valence-corrected chi connectivity index (χ0v) is 10.9. The van der Waals surface area contributed by atoms with E-state index in [4.69, 9.17) is 26.7 Å². The van der Waals surface area contributed by atoms with Gasteiger partial charge in [0.15, 0.2) is 0 Å². The number of aliphatic hydroxyl groups excluding tert-OH is 1. The fourth-order valence-electron chi connectivity index (χ4n) is 1.65. The predicted octanol–water partition coefficient (Wildman–Crippen LogP) is 3.54. The molecule has 1 N–H and O–H groups in total. The molecule has 2 aromatic rings. The molecule has 0 aliphatic rings. The SMILES string of the molecule is N#Cc1ccc(Cl)cc1Oc1ccc(CCO)cc1. The lowest BCUT2D eigenvalue weighted by molar-refractivity contribution is 0.299. The molecule has 19 heavy (non-hydrogen) atoms. The molecule has 0 aliphatic heterocycles. The van der Waals surface area contributed by atoms with E-state index in [1.165, 1.54) is 0 Å². The van der Waals surface area contributed by atoms with Gasteiger partial charge in [-0.2, -0.15) is 5.26 Å². The third-order valence-corrected chi connectivity index (χ3v) is 2.85. The molecule has 2 rings (SSSR count). The second-order valence-corrected chi connectivity index (χ2v) is 4.41. The van der Waals surface area contributed by atoms with Crippen LogP contribution in [0.1, 0.15) is 11.1 Å². The third kappa shape index (κ3) is 3.47. The van der Waals surface area contributed by atoms with E-state index in [9.17, 15) is 0 Å². The normalized spacial score (nSPS) is 9.95. The molecule has 4 heteroatoms. The Kier molecular flexibility index (Phi) is 4.40. The summed E-state index contributed by atoms with van der Waals surface area (Å²) < 4.78 is 5.64. The average Bonchev–Trinajstić information content (AvgIpc) is 2.42. The maximum Gasteiger partial charge on any atom is 0.146 e. The summed E-state index contributed by atoms with van der Waals surface area (Å²) in [4.78, 5) is 0. The molecule has 0 fully saturated rings. The molecule has 0 aromatic heterocycles. The van der Waals surface area contributed by atoms with E-state index in [2.05, 4.69) is 6.07 Å². The van der Waals surface area contributed by atoms with Gasteiger partial charge in [-0.3, -0.25) is 0 Å². The van der Waals surface area contributed by atoms with Gasteiger partial charge in [-0.1, -0.05) is 23.7 Å². The molecule has 0 atom stereocenters. The van der Waals surface area contributed by atoms with Crippen molar-refractivity contribution in [2.45, 2.75) is 6.42 Å². The second-order valence-electron chi connectivity index (χ2n) is 3.97. The number of halogens is 1. The number of hydrogen-bond acceptors (Lipinski definition) is 3. The molecule has 0 amide bonds. The quantitative estimate of drug-likeness (QED) is 0.927. The number of aliphatic hydroxyl groups is 1. The molecule has 0 unspecified atom stereocenters. The van der Waals surface area contributed by atoms with Gasteiger partial charge in [0.05, 0.1) is 5.56 Å². The van der Waals surface area contributed by atoms with Gasteiger partial charge in [0.25, 0.3) is 0 Å². The molecule has 96 valence electrons. The van der Waals surface area contributed by atoms with Gasteiger partial charge in [-0.25, -0.2) is 0 Å². The number of hydrogen-bond donors (Lipinski definition) is 1. The molecule has 0 aliphatic carbocycles. The van der Waals surface area contributed by atoms with Crippen molar-refractivity contribution in [2.75, 3.05) is 6.61 Å². The summed E-state index contributed by atoms with van der Waals surface area (Å²) in [6, 6.07) is 14.3. The fraction of sp³-hybridized carbons (Fsp3) is 0.133. The summed E-state index contributed by atoms with van der Waals surface area (Å²) in [5, 5.41) is 18.4. The van der Waals surface area contributed by atoms with E-state index >= 15 is 0 Å². The molecule has 0 radical (unpaired) electrons. The van der Waals surface area contributed by atoms with Gasteiger partial charge in [-0.05, 0) is 36.2 Å². The van der Waals surface area contributed by atoms with Crippen molar-refractivity contribution < 1.29 is 9.84 Å². The number of nitriles is 1. The largest absolute Gasteiger partial charge is 0.456 e. The Labute approximate surface area is 116 Å². The molecule has 0 heterocycles. The lowest BCUT2D eigenvalue weighted by Crippen LogP contribution is -1.91. The van der Waals surface area contributed by atoms with E-state index in [-0.39, 0.29) is 6.61 Å². The Bertz CT molecular complexity index is 603. The van der Waals surface area contributed by atoms with Crippen molar-refractivity contribution in [3.63, 3.8) is 0 Å². The van der Waals surface area contributed by atoms with Crippen LogP contribution >= 0.6 is 11.6 Å². The molecular weight excluding hydrogens is 262 g/mol. The first-order chi connectivity index (χ1) is 9.22. The summed E-state index contributed by atoms with van der Waals surface area (Å²) >= 11 is 5.89. The molecule has 0 spiro atoms. The number of benzene rings is 2. The first-order valence-corrected chi connectivity index (χ1v) is 6.18. The topological polar surface area (TPSA) is 53.2 Å². The monoisotopic (exact) mass is 273 g/mol. The van der Waals surface area contributed by atoms with Gasteiger partial charge >= 0.3 is 0 Å². The Morgan fingerprint density at radius 3 is 2.53 bits per heavy atom. The van der Waals surface area contributed by atoms with Gasteiger partial charge in [-0.15, -0.1) is 0 Å². The zero-order chi connectivity index (χ0) is 13.7. The highest BCUT2D eigenvalue weighted by atomic mass is 35.5. The minimum absolute atomic E-state index is 0.118. The van der Waals surface area contributed by atoms with Crippen molar-refractivity contribution >= 4 is 11.6 Å². The Morgan fingerprint density at radius 2 is 1.89 bits per heavy atom. The van der Waals surface area contributed by atoms with Crippen LogP contribution < -0.4 is 4.74 Å². The molecule has 0 bridgehead atoms. The summed E-state index contributed by atoms with van der Waals surface area (Å²) in [6.45, 7) is 0.118. The van der Waals surface area contributed by atoms with Crippen molar-refractivity contribution in [3.05, 3.63) is 58.6 Å². The Hall–Kier alpha value is -2.02. The van der Waals surface area contributed by atoms with Crippen LogP contribution in [0, 0.1) is 11.3 Å². The summed E-state index contributed by atoms with van der Waals surface area (Å²) in [6.07, 6.45) is 0.612. The third-order valence-electron chi connectivity index (χ3n) is 2.62. The minimum Gasteiger partial charge on any atom is -0.456 e. The van der Waals surface area contributed by atoms with E-state index in [0.717, 1.165) is 5.56 Å². The minimum atomic E-state index is 0.118. The van der Waals surface area contributed by atoms with Crippen molar-refractivity contribution in [2.24, 2.45) is 0 Å². The van der Waals surface area contributed by atoms with Crippen LogP contribution in [-0.2, 0) is 6.42 Å². The summed E-state index contributed by atoms with van der Waals surface area (Å²) in [5.74, 6) is 1.06. The van der Waals surface area contributed by atoms with Crippen molar-refractivity contribution in [1.29, 1.82) is 5.26 Å². The highest BCUT2D eigenvalue weighted by molar-refractivity contribution is 6.30.